The van der Waals surface area contributed by atoms with E-state index in [9.17, 15) is 22.8 Å². The van der Waals surface area contributed by atoms with E-state index >= 15 is 8.78 Å². The first-order chi connectivity index (χ1) is 19.2. The van der Waals surface area contributed by atoms with Crippen LogP contribution in [0.4, 0.5) is 27.6 Å². The third-order valence-corrected chi connectivity index (χ3v) is 5.61. The Morgan fingerprint density at radius 3 is 2.07 bits per heavy atom. The average molecular weight is 603 g/mol. The van der Waals surface area contributed by atoms with Crippen molar-refractivity contribution in [2.24, 2.45) is 5.73 Å². The number of aromatic nitrogens is 1. The first-order valence-corrected chi connectivity index (χ1v) is 12.6. The molecule has 0 unspecified atom stereocenters. The van der Waals surface area contributed by atoms with Gasteiger partial charge in [0.05, 0.1) is 23.5 Å². The smallest absolute Gasteiger partial charge is 0.508 e. The number of halogens is 6. The highest BCUT2D eigenvalue weighted by atomic mass is 35.5. The summed E-state index contributed by atoms with van der Waals surface area (Å²) in [6.45, 7) is 0. The number of nitrogens with zero attached hydrogens (tertiary/aromatic N) is 1. The van der Waals surface area contributed by atoms with E-state index in [2.05, 4.69) is 15.0 Å². The van der Waals surface area contributed by atoms with Crippen molar-refractivity contribution in [3.05, 3.63) is 70.0 Å². The predicted octanol–water partition coefficient (Wildman–Crippen LogP) is -1.05. The number of ether oxygens (including phenoxy) is 3. The number of hydrogen-bond donors (Lipinski definition) is 2. The lowest BCUT2D eigenvalue weighted by Crippen LogP contribution is -2.38. The largest absolute Gasteiger partial charge is 0.573 e. The fourth-order valence-electron chi connectivity index (χ4n) is 3.74. The van der Waals surface area contributed by atoms with E-state index in [1.165, 1.54) is 35.8 Å². The summed E-state index contributed by atoms with van der Waals surface area (Å²) in [5.41, 5.74) is 4.34. The number of alkyl halides is 3. The van der Waals surface area contributed by atoms with Crippen LogP contribution in [-0.2, 0) is 5.11 Å². The van der Waals surface area contributed by atoms with Crippen LogP contribution in [0.1, 0.15) is 26.4 Å². The molecule has 8 nitrogen and oxygen atoms in total. The van der Waals surface area contributed by atoms with Gasteiger partial charge < -0.3 is 25.3 Å². The van der Waals surface area contributed by atoms with Gasteiger partial charge in [-0.3, -0.25) is 14.6 Å². The number of nitrogens with two attached hydrogens (primary N) is 1. The van der Waals surface area contributed by atoms with Gasteiger partial charge in [0.25, 0.3) is 11.8 Å². The highest BCUT2D eigenvalue weighted by molar-refractivity contribution is 6.60. The molecule has 3 aromatic rings. The standard InChI is InChI=1S/C22H21B6ClF5N3O5/c23-20(24,25)14-8(29)6-12(13(16(14)31)19(39)37-7-3-4-36-9(5-7)18(35)38)40-11-2-1-10(41-22(32,33)34)15(30)17(11)42-21(26,27)28/h1-6H,23-28H2,(H2,35,38)(H,36,37,39). The fourth-order valence-corrected chi connectivity index (χ4v) is 4.20. The van der Waals surface area contributed by atoms with Gasteiger partial charge >= 0.3 is 6.36 Å². The lowest BCUT2D eigenvalue weighted by Gasteiger charge is -2.26. The van der Waals surface area contributed by atoms with Crippen LogP contribution in [0.25, 0.3) is 0 Å². The van der Waals surface area contributed by atoms with Crippen molar-refractivity contribution < 1.29 is 45.8 Å². The van der Waals surface area contributed by atoms with Crippen molar-refractivity contribution in [1.29, 1.82) is 0 Å². The second kappa shape index (κ2) is 11.9. The van der Waals surface area contributed by atoms with Crippen molar-refractivity contribution in [2.45, 2.75) is 16.8 Å². The summed E-state index contributed by atoms with van der Waals surface area (Å²) >= 11 is 6.39. The topological polar surface area (TPSA) is 113 Å². The molecule has 2 amide bonds. The Hall–Kier alpha value is -3.74. The van der Waals surface area contributed by atoms with Crippen molar-refractivity contribution >= 4 is 76.2 Å². The van der Waals surface area contributed by atoms with Gasteiger partial charge in [-0.1, -0.05) is 16.7 Å². The Kier molecular flexibility index (Phi) is 9.26. The predicted molar refractivity (Wildman–Crippen MR) is 162 cm³/mol. The minimum absolute atomic E-state index is 0.0258. The maximum Gasteiger partial charge on any atom is 0.573 e. The van der Waals surface area contributed by atoms with Gasteiger partial charge in [0.1, 0.15) is 46.4 Å². The summed E-state index contributed by atoms with van der Waals surface area (Å²) in [7, 11) is 9.42. The Morgan fingerprint density at radius 2 is 1.52 bits per heavy atom. The van der Waals surface area contributed by atoms with E-state index in [0.717, 1.165) is 18.2 Å². The number of hydrogen-bond acceptors (Lipinski definition) is 6. The molecule has 0 aliphatic heterocycles. The Balaban J connectivity index is 2.21. The highest BCUT2D eigenvalue weighted by Crippen LogP contribution is 2.44. The number of rotatable bonds is 9. The summed E-state index contributed by atoms with van der Waals surface area (Å²) in [6, 6.07) is 5.12. The van der Waals surface area contributed by atoms with Crippen LogP contribution >= 0.6 is 11.6 Å². The Morgan fingerprint density at radius 1 is 0.905 bits per heavy atom. The lowest BCUT2D eigenvalue weighted by molar-refractivity contribution is -0.275. The summed E-state index contributed by atoms with van der Waals surface area (Å²) < 4.78 is 85.0. The van der Waals surface area contributed by atoms with Gasteiger partial charge in [-0.05, 0) is 29.8 Å². The molecule has 0 saturated heterocycles. The van der Waals surface area contributed by atoms with E-state index < -0.39 is 68.8 Å². The molecule has 1 aromatic heterocycles. The van der Waals surface area contributed by atoms with E-state index in [-0.39, 0.29) is 22.0 Å². The molecule has 0 aliphatic rings. The van der Waals surface area contributed by atoms with E-state index in [4.69, 9.17) is 26.8 Å². The SMILES string of the molecule is BC(B)(B)Oc1c(Oc2cc(Cl)c(C(B)(B)B)c(F)c2C(=O)Nc2ccnc(C(N)=O)c2)ccc(OC(F)(F)F)c1F. The number of pyridine rings is 1. The van der Waals surface area contributed by atoms with Crippen LogP contribution in [-0.4, -0.2) is 75.5 Å². The van der Waals surface area contributed by atoms with Crippen LogP contribution in [0.5, 0.6) is 23.0 Å². The maximum atomic E-state index is 16.1. The lowest BCUT2D eigenvalue weighted by atomic mass is 9.40. The Bertz CT molecular complexity index is 1550. The number of amides is 2. The Labute approximate surface area is 247 Å². The fraction of sp³-hybridized carbons (Fsp3) is 0.136. The summed E-state index contributed by atoms with van der Waals surface area (Å²) in [5, 5.41) is 0.214. The molecule has 0 bridgehead atoms. The zero-order valence-corrected chi connectivity index (χ0v) is 24.1. The molecular formula is C22H21B6ClF5N3O5. The maximum absolute atomic E-state index is 16.1. The van der Waals surface area contributed by atoms with Gasteiger partial charge in [-0.15, -0.1) is 13.2 Å². The molecule has 0 radical (unpaired) electrons. The van der Waals surface area contributed by atoms with Crippen molar-refractivity contribution in [2.75, 3.05) is 5.32 Å². The molecule has 20 heteroatoms. The minimum Gasteiger partial charge on any atom is -0.508 e. The zero-order chi connectivity index (χ0) is 31.8. The molecule has 0 aliphatic carbocycles. The molecule has 2 aromatic carbocycles. The molecule has 1 heterocycles. The minimum atomic E-state index is -5.21. The van der Waals surface area contributed by atoms with Crippen molar-refractivity contribution in [3.8, 4) is 23.0 Å². The highest BCUT2D eigenvalue weighted by Gasteiger charge is 2.35. The third-order valence-electron chi connectivity index (χ3n) is 5.31. The first-order valence-electron chi connectivity index (χ1n) is 12.2. The number of carbonyl (C=O) groups excluding carboxylic acids is 2. The van der Waals surface area contributed by atoms with Gasteiger partial charge in [0, 0.05) is 28.3 Å². The molecule has 42 heavy (non-hydrogen) atoms. The van der Waals surface area contributed by atoms with Crippen molar-refractivity contribution in [3.63, 3.8) is 0 Å². The van der Waals surface area contributed by atoms with E-state index in [1.54, 1.807) is 23.5 Å². The van der Waals surface area contributed by atoms with E-state index in [0.29, 0.717) is 6.07 Å². The van der Waals surface area contributed by atoms with Crippen LogP contribution in [0.3, 0.4) is 0 Å². The third kappa shape index (κ3) is 7.96. The molecule has 0 saturated carbocycles. The number of benzene rings is 2. The second-order valence-corrected chi connectivity index (χ2v) is 11.4. The molecule has 3 N–H and O–H groups in total. The first kappa shape index (κ1) is 32.8. The monoisotopic (exact) mass is 603 g/mol. The molecule has 0 atom stereocenters. The van der Waals surface area contributed by atoms with Gasteiger partial charge in [-0.25, -0.2) is 4.39 Å². The van der Waals surface area contributed by atoms with Gasteiger partial charge in [0.2, 0.25) is 5.82 Å². The van der Waals surface area contributed by atoms with Crippen LogP contribution in [0.15, 0.2) is 36.5 Å². The molecule has 214 valence electrons. The quantitative estimate of drug-likeness (QED) is 0.239. The summed E-state index contributed by atoms with van der Waals surface area (Å²) in [4.78, 5) is 28.7. The van der Waals surface area contributed by atoms with Crippen LogP contribution in [0, 0.1) is 11.6 Å². The zero-order valence-electron chi connectivity index (χ0n) is 23.3. The van der Waals surface area contributed by atoms with Gasteiger partial charge in [0.15, 0.2) is 17.2 Å². The number of anilines is 1. The van der Waals surface area contributed by atoms with Crippen LogP contribution in [0.2, 0.25) is 5.02 Å². The van der Waals surface area contributed by atoms with E-state index in [1.807, 2.05) is 0 Å². The molecule has 0 spiro atoms. The molecule has 3 rings (SSSR count). The number of carbonyl (C=O) groups is 2. The second-order valence-electron chi connectivity index (χ2n) is 11.0. The van der Waals surface area contributed by atoms with Gasteiger partial charge in [-0.2, -0.15) is 4.39 Å². The average Bonchev–Trinajstić information content (AvgIpc) is 2.80. The summed E-state index contributed by atoms with van der Waals surface area (Å²) in [5.74, 6) is -7.62. The van der Waals surface area contributed by atoms with Crippen molar-refractivity contribution in [1.82, 2.24) is 4.98 Å². The number of primary amides is 1. The number of nitrogens with one attached hydrogen (secondary N) is 1. The van der Waals surface area contributed by atoms with Crippen LogP contribution < -0.4 is 25.3 Å². The summed E-state index contributed by atoms with van der Waals surface area (Å²) in [6.07, 6.45) is -4.02. The molecular weight excluding hydrogens is 582 g/mol. The normalized spacial score (nSPS) is 12.0. The molecule has 0 fully saturated rings.